The molecule has 0 bridgehead atoms. The molecule has 1 fully saturated rings. The predicted octanol–water partition coefficient (Wildman–Crippen LogP) is 3.79. The largest absolute Gasteiger partial charge is 0.497 e. The fourth-order valence-electron chi connectivity index (χ4n) is 4.29. The Morgan fingerprint density at radius 1 is 1.06 bits per heavy atom. The van der Waals surface area contributed by atoms with Crippen LogP contribution in [0.5, 0.6) is 5.75 Å². The van der Waals surface area contributed by atoms with E-state index in [0.717, 1.165) is 43.8 Å². The predicted molar refractivity (Wildman–Crippen MR) is 131 cm³/mol. The van der Waals surface area contributed by atoms with E-state index in [1.54, 1.807) is 11.8 Å². The first-order valence-corrected chi connectivity index (χ1v) is 12.3. The van der Waals surface area contributed by atoms with Gasteiger partial charge in [-0.3, -0.25) is 4.79 Å². The zero-order chi connectivity index (χ0) is 23.3. The number of fused-ring (bicyclic) bond motifs is 1. The van der Waals surface area contributed by atoms with Gasteiger partial charge in [0.2, 0.25) is 5.91 Å². The van der Waals surface area contributed by atoms with Crippen molar-refractivity contribution in [2.24, 2.45) is 5.92 Å². The van der Waals surface area contributed by atoms with E-state index in [4.69, 9.17) is 4.74 Å². The number of likely N-dealkylation sites (tertiary alicyclic amines) is 1. The quantitative estimate of drug-likeness (QED) is 0.297. The smallest absolute Gasteiger partial charge is 0.232 e. The molecule has 174 valence electrons. The molecule has 0 saturated carbocycles. The van der Waals surface area contributed by atoms with Crippen molar-refractivity contribution in [3.8, 4) is 11.4 Å². The first kappa shape index (κ1) is 22.3. The van der Waals surface area contributed by atoms with Gasteiger partial charge in [-0.15, -0.1) is 5.10 Å². The maximum absolute atomic E-state index is 12.9. The summed E-state index contributed by atoms with van der Waals surface area (Å²) in [6.45, 7) is 1.62. The van der Waals surface area contributed by atoms with Crippen LogP contribution >= 0.6 is 11.8 Å². The van der Waals surface area contributed by atoms with Crippen LogP contribution in [0.4, 0.5) is 0 Å². The van der Waals surface area contributed by atoms with E-state index >= 15 is 0 Å². The number of aromatic nitrogens is 5. The number of methoxy groups -OCH3 is 1. The van der Waals surface area contributed by atoms with Crippen LogP contribution in [-0.4, -0.2) is 61.7 Å². The normalized spacial score (nSPS) is 14.4. The van der Waals surface area contributed by atoms with E-state index < -0.39 is 0 Å². The summed E-state index contributed by atoms with van der Waals surface area (Å²) in [4.78, 5) is 23.6. The number of carbonyl (C=O) groups excluding carboxylic acids is 1. The van der Waals surface area contributed by atoms with Crippen LogP contribution < -0.4 is 4.74 Å². The first-order valence-electron chi connectivity index (χ1n) is 11.4. The van der Waals surface area contributed by atoms with Crippen molar-refractivity contribution in [1.29, 1.82) is 0 Å². The van der Waals surface area contributed by atoms with Gasteiger partial charge < -0.3 is 9.64 Å². The third kappa shape index (κ3) is 4.89. The summed E-state index contributed by atoms with van der Waals surface area (Å²) in [5.41, 5.74) is 3.40. The summed E-state index contributed by atoms with van der Waals surface area (Å²) in [6, 6.07) is 18.1. The molecule has 0 unspecified atom stereocenters. The van der Waals surface area contributed by atoms with Gasteiger partial charge in [0, 0.05) is 13.1 Å². The molecule has 0 spiro atoms. The Bertz CT molecular complexity index is 1250. The monoisotopic (exact) mass is 474 g/mol. The van der Waals surface area contributed by atoms with Gasteiger partial charge in [0.1, 0.15) is 17.1 Å². The van der Waals surface area contributed by atoms with Crippen molar-refractivity contribution < 1.29 is 9.53 Å². The van der Waals surface area contributed by atoms with Crippen LogP contribution in [0.15, 0.2) is 66.0 Å². The Hall–Kier alpha value is -3.46. The molecule has 1 amide bonds. The van der Waals surface area contributed by atoms with Gasteiger partial charge in [-0.2, -0.15) is 4.68 Å². The van der Waals surface area contributed by atoms with Crippen molar-refractivity contribution in [1.82, 2.24) is 29.9 Å². The lowest BCUT2D eigenvalue weighted by atomic mass is 9.90. The number of benzene rings is 2. The molecule has 0 N–H and O–H groups in total. The van der Waals surface area contributed by atoms with Crippen molar-refractivity contribution in [3.05, 3.63) is 66.5 Å². The number of rotatable bonds is 7. The molecule has 34 heavy (non-hydrogen) atoms. The van der Waals surface area contributed by atoms with E-state index in [2.05, 4.69) is 44.5 Å². The molecule has 0 atom stereocenters. The van der Waals surface area contributed by atoms with Gasteiger partial charge in [0.05, 0.1) is 18.6 Å². The maximum Gasteiger partial charge on any atom is 0.232 e. The summed E-state index contributed by atoms with van der Waals surface area (Å²) in [5.74, 6) is 1.86. The van der Waals surface area contributed by atoms with Crippen LogP contribution in [0.1, 0.15) is 18.4 Å². The number of nitrogens with zero attached hydrogens (tertiary/aromatic N) is 6. The number of hydrogen-bond acceptors (Lipinski definition) is 7. The van der Waals surface area contributed by atoms with Gasteiger partial charge in [-0.25, -0.2) is 9.97 Å². The van der Waals surface area contributed by atoms with Gasteiger partial charge in [-0.05, 0) is 55.0 Å². The Labute approximate surface area is 202 Å². The fourth-order valence-corrected chi connectivity index (χ4v) is 5.12. The lowest BCUT2D eigenvalue weighted by Crippen LogP contribution is -2.39. The molecule has 1 aliphatic heterocycles. The Morgan fingerprint density at radius 2 is 1.82 bits per heavy atom. The minimum atomic E-state index is 0.137. The average molecular weight is 475 g/mol. The Balaban J connectivity index is 1.20. The fraction of sp³-hybridized carbons (Fsp3) is 0.320. The van der Waals surface area contributed by atoms with Gasteiger partial charge in [0.25, 0.3) is 0 Å². The molecule has 5 rings (SSSR count). The van der Waals surface area contributed by atoms with Crippen LogP contribution in [0, 0.1) is 5.92 Å². The van der Waals surface area contributed by atoms with Crippen LogP contribution in [0.2, 0.25) is 0 Å². The van der Waals surface area contributed by atoms with E-state index in [1.165, 1.54) is 23.7 Å². The summed E-state index contributed by atoms with van der Waals surface area (Å²) in [7, 11) is 1.63. The average Bonchev–Trinajstić information content (AvgIpc) is 3.33. The SMILES string of the molecule is COc1ccc(-n2nnc3c(SCC(=O)N4CCC(Cc5ccccc5)CC4)ncnc32)cc1. The molecule has 9 heteroatoms. The van der Waals surface area contributed by atoms with Gasteiger partial charge >= 0.3 is 0 Å². The van der Waals surface area contributed by atoms with Gasteiger partial charge in [-0.1, -0.05) is 47.3 Å². The van der Waals surface area contributed by atoms with Crippen LogP contribution in [0.25, 0.3) is 16.9 Å². The minimum Gasteiger partial charge on any atom is -0.497 e. The summed E-state index contributed by atoms with van der Waals surface area (Å²) < 4.78 is 6.89. The standard InChI is InChI=1S/C25H26N6O2S/c1-33-21-9-7-20(8-10-21)31-24-23(28-29-31)25(27-17-26-24)34-16-22(32)30-13-11-19(12-14-30)15-18-5-3-2-4-6-18/h2-10,17,19H,11-16H2,1H3. The van der Waals surface area contributed by atoms with E-state index in [9.17, 15) is 4.79 Å². The van der Waals surface area contributed by atoms with Crippen molar-refractivity contribution in [2.75, 3.05) is 26.0 Å². The highest BCUT2D eigenvalue weighted by atomic mass is 32.2. The third-order valence-electron chi connectivity index (χ3n) is 6.19. The first-order chi connectivity index (χ1) is 16.7. The number of carbonyl (C=O) groups is 1. The minimum absolute atomic E-state index is 0.137. The Morgan fingerprint density at radius 3 is 2.56 bits per heavy atom. The summed E-state index contributed by atoms with van der Waals surface area (Å²) in [6.07, 6.45) is 4.66. The lowest BCUT2D eigenvalue weighted by molar-refractivity contribution is -0.129. The molecular formula is C25H26N6O2S. The van der Waals surface area contributed by atoms with Crippen LogP contribution in [-0.2, 0) is 11.2 Å². The molecule has 0 aliphatic carbocycles. The number of piperidine rings is 1. The van der Waals surface area contributed by atoms with Gasteiger partial charge in [0.15, 0.2) is 11.2 Å². The van der Waals surface area contributed by atoms with E-state index in [0.29, 0.717) is 27.9 Å². The molecule has 2 aromatic carbocycles. The van der Waals surface area contributed by atoms with Crippen molar-refractivity contribution >= 4 is 28.8 Å². The van der Waals surface area contributed by atoms with Crippen LogP contribution in [0.3, 0.4) is 0 Å². The molecule has 0 radical (unpaired) electrons. The molecule has 1 saturated heterocycles. The molecule has 1 aliphatic rings. The van der Waals surface area contributed by atoms with Crippen molar-refractivity contribution in [3.63, 3.8) is 0 Å². The molecule has 4 aromatic rings. The maximum atomic E-state index is 12.9. The molecule has 2 aromatic heterocycles. The summed E-state index contributed by atoms with van der Waals surface area (Å²) >= 11 is 1.39. The zero-order valence-electron chi connectivity index (χ0n) is 19.0. The van der Waals surface area contributed by atoms with E-state index in [1.807, 2.05) is 35.2 Å². The molecule has 3 heterocycles. The highest BCUT2D eigenvalue weighted by molar-refractivity contribution is 8.00. The Kier molecular flexibility index (Phi) is 6.71. The second-order valence-corrected chi connectivity index (χ2v) is 9.32. The molecular weight excluding hydrogens is 448 g/mol. The third-order valence-corrected chi connectivity index (χ3v) is 7.15. The number of hydrogen-bond donors (Lipinski definition) is 0. The highest BCUT2D eigenvalue weighted by Gasteiger charge is 2.23. The zero-order valence-corrected chi connectivity index (χ0v) is 19.8. The second kappa shape index (κ2) is 10.2. The topological polar surface area (TPSA) is 86.0 Å². The number of amides is 1. The number of thioether (sulfide) groups is 1. The van der Waals surface area contributed by atoms with Crippen molar-refractivity contribution in [2.45, 2.75) is 24.3 Å². The van der Waals surface area contributed by atoms with E-state index in [-0.39, 0.29) is 5.91 Å². The lowest BCUT2D eigenvalue weighted by Gasteiger charge is -2.32. The molecule has 8 nitrogen and oxygen atoms in total. The highest BCUT2D eigenvalue weighted by Crippen LogP contribution is 2.26. The second-order valence-electron chi connectivity index (χ2n) is 8.35. The summed E-state index contributed by atoms with van der Waals surface area (Å²) in [5, 5.41) is 9.21. The number of ether oxygens (including phenoxy) is 1.